The molecule has 0 aromatic carbocycles. The molecule has 44 valence electrons. The van der Waals surface area contributed by atoms with Crippen molar-refractivity contribution in [2.24, 2.45) is 0 Å². The standard InChI is InChI=1S/C5H6N2.H3P/c1-5-4-6-2-3-7-5;/h2-4H,1H3;1H3. The maximum atomic E-state index is 3.92. The monoisotopic (exact) mass is 128 g/mol. The van der Waals surface area contributed by atoms with E-state index in [1.54, 1.807) is 18.6 Å². The highest BCUT2D eigenvalue weighted by molar-refractivity contribution is 6.92. The average Bonchev–Trinajstić information content (AvgIpc) is 1.69. The van der Waals surface area contributed by atoms with Crippen molar-refractivity contribution in [1.29, 1.82) is 0 Å². The summed E-state index contributed by atoms with van der Waals surface area (Å²) in [4.78, 5) is 7.74. The highest BCUT2D eigenvalue weighted by Crippen LogP contribution is 1.81. The molecule has 1 unspecified atom stereocenters. The van der Waals surface area contributed by atoms with Crippen molar-refractivity contribution in [1.82, 2.24) is 9.97 Å². The molecule has 1 rings (SSSR count). The van der Waals surface area contributed by atoms with E-state index in [2.05, 4.69) is 9.97 Å². The third-order valence-electron chi connectivity index (χ3n) is 0.692. The van der Waals surface area contributed by atoms with Crippen molar-refractivity contribution in [2.75, 3.05) is 0 Å². The van der Waals surface area contributed by atoms with Crippen LogP contribution >= 0.6 is 9.90 Å². The van der Waals surface area contributed by atoms with Crippen molar-refractivity contribution >= 4 is 9.90 Å². The van der Waals surface area contributed by atoms with E-state index in [4.69, 9.17) is 0 Å². The third-order valence-corrected chi connectivity index (χ3v) is 0.692. The number of aryl methyl sites for hydroxylation is 1. The van der Waals surface area contributed by atoms with E-state index < -0.39 is 0 Å². The average molecular weight is 128 g/mol. The van der Waals surface area contributed by atoms with Gasteiger partial charge in [-0.15, -0.1) is 0 Å². The van der Waals surface area contributed by atoms with Crippen molar-refractivity contribution in [2.45, 2.75) is 6.92 Å². The molecule has 1 atom stereocenters. The fourth-order valence-corrected chi connectivity index (χ4v) is 0.374. The van der Waals surface area contributed by atoms with Crippen LogP contribution in [0.3, 0.4) is 0 Å². The van der Waals surface area contributed by atoms with Gasteiger partial charge in [-0.3, -0.25) is 9.97 Å². The zero-order valence-electron chi connectivity index (χ0n) is 4.83. The number of hydrogen-bond acceptors (Lipinski definition) is 2. The largest absolute Gasteiger partial charge is 0.261 e. The summed E-state index contributed by atoms with van der Waals surface area (Å²) in [7, 11) is 0. The molecule has 0 fully saturated rings. The number of rotatable bonds is 0. The van der Waals surface area contributed by atoms with E-state index in [0.29, 0.717) is 0 Å². The Bertz CT molecular complexity index is 140. The first-order valence-electron chi connectivity index (χ1n) is 2.12. The topological polar surface area (TPSA) is 25.8 Å². The smallest absolute Gasteiger partial charge is 0.0555 e. The minimum absolute atomic E-state index is 0. The molecule has 0 spiro atoms. The number of aromatic nitrogens is 2. The molecule has 0 saturated carbocycles. The Hall–Kier alpha value is -0.490. The van der Waals surface area contributed by atoms with Crippen LogP contribution < -0.4 is 0 Å². The van der Waals surface area contributed by atoms with Crippen LogP contribution in [0.15, 0.2) is 18.6 Å². The van der Waals surface area contributed by atoms with Crippen LogP contribution in [-0.4, -0.2) is 9.97 Å². The van der Waals surface area contributed by atoms with Gasteiger partial charge >= 0.3 is 0 Å². The van der Waals surface area contributed by atoms with Gasteiger partial charge in [0.1, 0.15) is 0 Å². The lowest BCUT2D eigenvalue weighted by molar-refractivity contribution is 1.12. The Morgan fingerprint density at radius 1 is 1.38 bits per heavy atom. The van der Waals surface area contributed by atoms with Crippen molar-refractivity contribution < 1.29 is 0 Å². The van der Waals surface area contributed by atoms with Crippen LogP contribution in [0.25, 0.3) is 0 Å². The van der Waals surface area contributed by atoms with Crippen molar-refractivity contribution in [3.05, 3.63) is 24.3 Å². The summed E-state index contributed by atoms with van der Waals surface area (Å²) in [5.41, 5.74) is 0.961. The fourth-order valence-electron chi connectivity index (χ4n) is 0.374. The van der Waals surface area contributed by atoms with E-state index >= 15 is 0 Å². The summed E-state index contributed by atoms with van der Waals surface area (Å²) in [5.74, 6) is 0. The molecule has 0 aliphatic carbocycles. The first kappa shape index (κ1) is 7.51. The molecule has 0 saturated heterocycles. The lowest BCUT2D eigenvalue weighted by Gasteiger charge is -1.81. The Balaban J connectivity index is 0.000000490. The van der Waals surface area contributed by atoms with Gasteiger partial charge in [0, 0.05) is 18.6 Å². The van der Waals surface area contributed by atoms with Crippen LogP contribution in [0.4, 0.5) is 0 Å². The van der Waals surface area contributed by atoms with Gasteiger partial charge in [0.05, 0.1) is 5.69 Å². The Morgan fingerprint density at radius 3 is 2.38 bits per heavy atom. The maximum Gasteiger partial charge on any atom is 0.0555 e. The van der Waals surface area contributed by atoms with Crippen LogP contribution in [0.1, 0.15) is 5.69 Å². The van der Waals surface area contributed by atoms with Crippen LogP contribution in [0.5, 0.6) is 0 Å². The molecule has 2 nitrogen and oxygen atoms in total. The molecule has 8 heavy (non-hydrogen) atoms. The Labute approximate surface area is 52.0 Å². The molecular formula is C5H9N2P. The molecule has 1 aromatic heterocycles. The first-order chi connectivity index (χ1) is 3.39. The molecular weight excluding hydrogens is 119 g/mol. The maximum absolute atomic E-state index is 3.92. The highest BCUT2D eigenvalue weighted by atomic mass is 31.0. The van der Waals surface area contributed by atoms with Gasteiger partial charge < -0.3 is 0 Å². The quantitative estimate of drug-likeness (QED) is 0.484. The first-order valence-corrected chi connectivity index (χ1v) is 2.12. The van der Waals surface area contributed by atoms with Gasteiger partial charge in [-0.1, -0.05) is 0 Å². The summed E-state index contributed by atoms with van der Waals surface area (Å²) < 4.78 is 0. The summed E-state index contributed by atoms with van der Waals surface area (Å²) in [6, 6.07) is 0. The summed E-state index contributed by atoms with van der Waals surface area (Å²) >= 11 is 0. The number of hydrogen-bond donors (Lipinski definition) is 0. The van der Waals surface area contributed by atoms with Crippen molar-refractivity contribution in [3.63, 3.8) is 0 Å². The van der Waals surface area contributed by atoms with Gasteiger partial charge in [0.25, 0.3) is 0 Å². The molecule has 0 aliphatic rings. The molecule has 0 N–H and O–H groups in total. The molecule has 0 radical (unpaired) electrons. The third kappa shape index (κ3) is 1.99. The van der Waals surface area contributed by atoms with Crippen LogP contribution in [0, 0.1) is 6.92 Å². The van der Waals surface area contributed by atoms with Gasteiger partial charge in [-0.25, -0.2) is 0 Å². The fraction of sp³-hybridized carbons (Fsp3) is 0.200. The summed E-state index contributed by atoms with van der Waals surface area (Å²) in [6.07, 6.45) is 5.06. The number of nitrogens with zero attached hydrogens (tertiary/aromatic N) is 2. The lowest BCUT2D eigenvalue weighted by atomic mass is 10.5. The van der Waals surface area contributed by atoms with Gasteiger partial charge in [0.2, 0.25) is 0 Å². The van der Waals surface area contributed by atoms with E-state index in [9.17, 15) is 0 Å². The minimum atomic E-state index is 0. The molecule has 1 heterocycles. The summed E-state index contributed by atoms with van der Waals surface area (Å²) in [5, 5.41) is 0. The Morgan fingerprint density at radius 2 is 2.12 bits per heavy atom. The SMILES string of the molecule is Cc1cnccn1.P. The van der Waals surface area contributed by atoms with Crippen LogP contribution in [-0.2, 0) is 0 Å². The second-order valence-corrected chi connectivity index (χ2v) is 1.35. The van der Waals surface area contributed by atoms with E-state index in [-0.39, 0.29) is 9.90 Å². The predicted octanol–water partition coefficient (Wildman–Crippen LogP) is 0.843. The van der Waals surface area contributed by atoms with Gasteiger partial charge in [0.15, 0.2) is 0 Å². The predicted molar refractivity (Wildman–Crippen MR) is 37.9 cm³/mol. The molecule has 0 bridgehead atoms. The van der Waals surface area contributed by atoms with Crippen LogP contribution in [0.2, 0.25) is 0 Å². The second kappa shape index (κ2) is 3.50. The van der Waals surface area contributed by atoms with Crippen molar-refractivity contribution in [3.8, 4) is 0 Å². The van der Waals surface area contributed by atoms with Gasteiger partial charge in [-0.05, 0) is 6.92 Å². The highest BCUT2D eigenvalue weighted by Gasteiger charge is 1.74. The lowest BCUT2D eigenvalue weighted by Crippen LogP contribution is -1.77. The van der Waals surface area contributed by atoms with Gasteiger partial charge in [-0.2, -0.15) is 9.90 Å². The summed E-state index contributed by atoms with van der Waals surface area (Å²) in [6.45, 7) is 1.91. The molecule has 1 aromatic rings. The van der Waals surface area contributed by atoms with E-state index in [1.165, 1.54) is 0 Å². The second-order valence-electron chi connectivity index (χ2n) is 1.35. The zero-order valence-corrected chi connectivity index (χ0v) is 6.25. The van der Waals surface area contributed by atoms with E-state index in [0.717, 1.165) is 5.69 Å². The minimum Gasteiger partial charge on any atom is -0.261 e. The normalized spacial score (nSPS) is 7.62. The molecule has 3 heteroatoms. The Kier molecular flexibility index (Phi) is 3.29. The molecule has 0 aliphatic heterocycles. The molecule has 0 amide bonds. The van der Waals surface area contributed by atoms with E-state index in [1.807, 2.05) is 6.92 Å². The zero-order chi connectivity index (χ0) is 5.11.